The molecule has 0 bridgehead atoms. The highest BCUT2D eigenvalue weighted by Gasteiger charge is 2.13. The zero-order chi connectivity index (χ0) is 22.5. The fourth-order valence-corrected chi connectivity index (χ4v) is 4.18. The molecule has 0 saturated heterocycles. The van der Waals surface area contributed by atoms with Gasteiger partial charge in [-0.25, -0.2) is 9.37 Å². The van der Waals surface area contributed by atoms with Gasteiger partial charge in [-0.15, -0.1) is 0 Å². The Balaban J connectivity index is 1.39. The second-order valence-electron chi connectivity index (χ2n) is 7.01. The molecule has 3 aromatic carbocycles. The van der Waals surface area contributed by atoms with Gasteiger partial charge in [0.15, 0.2) is 5.16 Å². The van der Waals surface area contributed by atoms with Crippen molar-refractivity contribution >= 4 is 46.0 Å². The van der Waals surface area contributed by atoms with Crippen LogP contribution in [0.25, 0.3) is 11.0 Å². The van der Waals surface area contributed by atoms with Gasteiger partial charge < -0.3 is 15.2 Å². The van der Waals surface area contributed by atoms with Crippen molar-refractivity contribution in [1.82, 2.24) is 9.55 Å². The van der Waals surface area contributed by atoms with Gasteiger partial charge in [-0.05, 0) is 55.5 Å². The maximum atomic E-state index is 13.3. The lowest BCUT2D eigenvalue weighted by molar-refractivity contribution is -0.113. The van der Waals surface area contributed by atoms with Crippen LogP contribution >= 0.6 is 11.8 Å². The fraction of sp³-hybridized carbons (Fsp3) is 0.125. The number of rotatable bonds is 7. The highest BCUT2D eigenvalue weighted by molar-refractivity contribution is 7.99. The van der Waals surface area contributed by atoms with E-state index in [0.29, 0.717) is 16.9 Å². The quantitative estimate of drug-likeness (QED) is 0.382. The predicted octanol–water partition coefficient (Wildman–Crippen LogP) is 5.18. The number of anilines is 2. The molecule has 0 radical (unpaired) electrons. The third-order valence-electron chi connectivity index (χ3n) is 4.76. The van der Waals surface area contributed by atoms with Gasteiger partial charge in [-0.1, -0.05) is 36.0 Å². The topological polar surface area (TPSA) is 76.0 Å². The summed E-state index contributed by atoms with van der Waals surface area (Å²) in [4.78, 5) is 29.6. The number of carbonyl (C=O) groups excluding carboxylic acids is 2. The van der Waals surface area contributed by atoms with Crippen LogP contribution in [0.15, 0.2) is 78.0 Å². The zero-order valence-corrected chi connectivity index (χ0v) is 18.2. The highest BCUT2D eigenvalue weighted by Crippen LogP contribution is 2.24. The van der Waals surface area contributed by atoms with Crippen LogP contribution in [-0.2, 0) is 11.3 Å². The number of hydrogen-bond donors (Lipinski definition) is 2. The number of nitrogens with one attached hydrogen (secondary N) is 2. The van der Waals surface area contributed by atoms with Crippen LogP contribution in [-0.4, -0.2) is 27.1 Å². The molecule has 1 aromatic heterocycles. The molecule has 2 amide bonds. The number of nitrogens with zero attached hydrogens (tertiary/aromatic N) is 2. The number of imidazole rings is 1. The summed E-state index contributed by atoms with van der Waals surface area (Å²) in [6.45, 7) is 2.80. The molecule has 8 heteroatoms. The smallest absolute Gasteiger partial charge is 0.255 e. The molecule has 6 nitrogen and oxygen atoms in total. The average molecular weight is 449 g/mol. The first kappa shape index (κ1) is 21.6. The SMILES string of the molecule is CCn1c(SCC(=O)Nc2cccc(C(=O)Nc3cccc(F)c3)c2)nc2ccccc21. The van der Waals surface area contributed by atoms with Crippen LogP contribution in [0.4, 0.5) is 15.8 Å². The summed E-state index contributed by atoms with van der Waals surface area (Å²) in [7, 11) is 0. The van der Waals surface area contributed by atoms with Crippen molar-refractivity contribution in [2.75, 3.05) is 16.4 Å². The Morgan fingerprint density at radius 3 is 2.50 bits per heavy atom. The lowest BCUT2D eigenvalue weighted by Gasteiger charge is -2.09. The molecule has 1 heterocycles. The van der Waals surface area contributed by atoms with Gasteiger partial charge in [0.1, 0.15) is 5.82 Å². The van der Waals surface area contributed by atoms with Crippen molar-refractivity contribution in [2.24, 2.45) is 0 Å². The predicted molar refractivity (Wildman–Crippen MR) is 126 cm³/mol. The van der Waals surface area contributed by atoms with E-state index >= 15 is 0 Å². The molecule has 0 aliphatic rings. The molecule has 0 spiro atoms. The molecular formula is C24H21FN4O2S. The van der Waals surface area contributed by atoms with Crippen molar-refractivity contribution in [3.63, 3.8) is 0 Å². The molecule has 4 aromatic rings. The van der Waals surface area contributed by atoms with Crippen LogP contribution in [0.1, 0.15) is 17.3 Å². The Morgan fingerprint density at radius 2 is 1.72 bits per heavy atom. The van der Waals surface area contributed by atoms with E-state index in [4.69, 9.17) is 0 Å². The van der Waals surface area contributed by atoms with Crippen LogP contribution in [0.2, 0.25) is 0 Å². The second-order valence-corrected chi connectivity index (χ2v) is 7.95. The molecule has 0 aliphatic heterocycles. The monoisotopic (exact) mass is 448 g/mol. The number of amides is 2. The minimum Gasteiger partial charge on any atom is -0.325 e. The first-order valence-electron chi connectivity index (χ1n) is 10.1. The molecule has 2 N–H and O–H groups in total. The van der Waals surface area contributed by atoms with Gasteiger partial charge in [0, 0.05) is 23.5 Å². The molecule has 4 rings (SSSR count). The van der Waals surface area contributed by atoms with Crippen molar-refractivity contribution in [2.45, 2.75) is 18.6 Å². The zero-order valence-electron chi connectivity index (χ0n) is 17.3. The van der Waals surface area contributed by atoms with E-state index in [1.54, 1.807) is 30.3 Å². The maximum Gasteiger partial charge on any atom is 0.255 e. The van der Waals surface area contributed by atoms with Gasteiger partial charge in [0.25, 0.3) is 5.91 Å². The van der Waals surface area contributed by atoms with Crippen LogP contribution in [0, 0.1) is 5.82 Å². The standard InChI is InChI=1S/C24H21FN4O2S/c1-2-29-21-12-4-3-11-20(21)28-24(29)32-15-22(30)26-18-9-5-7-16(13-18)23(31)27-19-10-6-8-17(25)14-19/h3-14H,2,15H2,1H3,(H,26,30)(H,27,31). The first-order chi connectivity index (χ1) is 15.5. The Morgan fingerprint density at radius 1 is 0.969 bits per heavy atom. The fourth-order valence-electron chi connectivity index (χ4n) is 3.30. The maximum absolute atomic E-state index is 13.3. The molecular weight excluding hydrogens is 427 g/mol. The van der Waals surface area contributed by atoms with Gasteiger partial charge in [0.05, 0.1) is 16.8 Å². The van der Waals surface area contributed by atoms with Crippen LogP contribution in [0.5, 0.6) is 0 Å². The summed E-state index contributed by atoms with van der Waals surface area (Å²) in [5, 5.41) is 6.24. The van der Waals surface area contributed by atoms with Gasteiger partial charge in [-0.2, -0.15) is 0 Å². The van der Waals surface area contributed by atoms with Crippen LogP contribution < -0.4 is 10.6 Å². The number of hydrogen-bond acceptors (Lipinski definition) is 4. The highest BCUT2D eigenvalue weighted by atomic mass is 32.2. The van der Waals surface area contributed by atoms with E-state index in [0.717, 1.165) is 22.7 Å². The second kappa shape index (κ2) is 9.65. The molecule has 0 saturated carbocycles. The van der Waals surface area contributed by atoms with Gasteiger partial charge >= 0.3 is 0 Å². The van der Waals surface area contributed by atoms with E-state index in [-0.39, 0.29) is 11.7 Å². The number of aryl methyl sites for hydroxylation is 1. The van der Waals surface area contributed by atoms with Crippen molar-refractivity contribution < 1.29 is 14.0 Å². The molecule has 0 fully saturated rings. The first-order valence-corrected chi connectivity index (χ1v) is 11.1. The minimum absolute atomic E-state index is 0.184. The number of para-hydroxylation sites is 2. The van der Waals surface area contributed by atoms with Crippen molar-refractivity contribution in [3.05, 3.63) is 84.2 Å². The van der Waals surface area contributed by atoms with E-state index in [9.17, 15) is 14.0 Å². The Bertz CT molecular complexity index is 1290. The van der Waals surface area contributed by atoms with Gasteiger partial charge in [-0.3, -0.25) is 9.59 Å². The average Bonchev–Trinajstić information content (AvgIpc) is 3.15. The third-order valence-corrected chi connectivity index (χ3v) is 5.74. The summed E-state index contributed by atoms with van der Waals surface area (Å²) >= 11 is 1.36. The van der Waals surface area contributed by atoms with Crippen LogP contribution in [0.3, 0.4) is 0 Å². The Hall–Kier alpha value is -3.65. The number of fused-ring (bicyclic) bond motifs is 1. The molecule has 0 unspecified atom stereocenters. The molecule has 162 valence electrons. The van der Waals surface area contributed by atoms with E-state index in [2.05, 4.69) is 20.2 Å². The molecule has 0 atom stereocenters. The van der Waals surface area contributed by atoms with E-state index < -0.39 is 11.7 Å². The number of thioether (sulfide) groups is 1. The normalized spacial score (nSPS) is 10.8. The lowest BCUT2D eigenvalue weighted by Crippen LogP contribution is -2.16. The minimum atomic E-state index is -0.432. The number of aromatic nitrogens is 2. The Kier molecular flexibility index (Phi) is 6.51. The number of benzene rings is 3. The Labute approximate surface area is 188 Å². The summed E-state index contributed by atoms with van der Waals surface area (Å²) in [6, 6.07) is 20.1. The van der Waals surface area contributed by atoms with Gasteiger partial charge in [0.2, 0.25) is 5.91 Å². The number of carbonyl (C=O) groups is 2. The summed E-state index contributed by atoms with van der Waals surface area (Å²) in [5.41, 5.74) is 3.16. The summed E-state index contributed by atoms with van der Waals surface area (Å²) in [5.74, 6) is -0.841. The van der Waals surface area contributed by atoms with E-state index in [1.165, 1.54) is 30.0 Å². The third kappa shape index (κ3) is 4.97. The lowest BCUT2D eigenvalue weighted by atomic mass is 10.2. The summed E-state index contributed by atoms with van der Waals surface area (Å²) in [6.07, 6.45) is 0. The summed E-state index contributed by atoms with van der Waals surface area (Å²) < 4.78 is 15.4. The van der Waals surface area contributed by atoms with Crippen molar-refractivity contribution in [3.8, 4) is 0 Å². The largest absolute Gasteiger partial charge is 0.325 e. The molecule has 32 heavy (non-hydrogen) atoms. The van der Waals surface area contributed by atoms with E-state index in [1.807, 2.05) is 31.2 Å². The molecule has 0 aliphatic carbocycles. The van der Waals surface area contributed by atoms with Crippen molar-refractivity contribution in [1.29, 1.82) is 0 Å². The number of halogens is 1.